The van der Waals surface area contributed by atoms with E-state index >= 15 is 0 Å². The van der Waals surface area contributed by atoms with Gasteiger partial charge in [-0.3, -0.25) is 9.59 Å². The van der Waals surface area contributed by atoms with Crippen molar-refractivity contribution in [1.82, 2.24) is 0 Å². The first-order chi connectivity index (χ1) is 12.6. The van der Waals surface area contributed by atoms with Crippen molar-refractivity contribution in [1.29, 1.82) is 0 Å². The molecule has 4 aromatic rings. The first-order valence-electron chi connectivity index (χ1n) is 8.10. The van der Waals surface area contributed by atoms with Crippen LogP contribution in [0.25, 0.3) is 22.3 Å². The minimum atomic E-state index is -0.379. The Kier molecular flexibility index (Phi) is 3.89. The molecular weight excluding hydrogens is 330 g/mol. The molecule has 0 saturated carbocycles. The van der Waals surface area contributed by atoms with Gasteiger partial charge in [0, 0.05) is 17.3 Å². The van der Waals surface area contributed by atoms with Crippen molar-refractivity contribution in [2.45, 2.75) is 6.92 Å². The number of nitrogens with one attached hydrogen (secondary N) is 1. The number of carbonyl (C=O) groups excluding carboxylic acids is 1. The zero-order valence-corrected chi connectivity index (χ0v) is 14.0. The van der Waals surface area contributed by atoms with Crippen LogP contribution < -0.4 is 10.7 Å². The third kappa shape index (κ3) is 2.91. The molecule has 0 bridgehead atoms. The molecule has 0 radical (unpaired) electrons. The van der Waals surface area contributed by atoms with Crippen molar-refractivity contribution in [2.75, 3.05) is 5.32 Å². The summed E-state index contributed by atoms with van der Waals surface area (Å²) in [4.78, 5) is 24.6. The zero-order valence-electron chi connectivity index (χ0n) is 14.0. The fraction of sp³-hybridized carbons (Fsp3) is 0.0476. The summed E-state index contributed by atoms with van der Waals surface area (Å²) in [5, 5.41) is 3.11. The standard InChI is InChI=1S/C21H15NO4/c1-13-5-2-3-6-15(13)20-12-17(23)16-11-14(8-9-18(16)26-20)22-21(24)19-7-4-10-25-19/h2-12H,1H3,(H,22,24). The van der Waals surface area contributed by atoms with Gasteiger partial charge in [-0.25, -0.2) is 0 Å². The van der Waals surface area contributed by atoms with Crippen LogP contribution in [0.3, 0.4) is 0 Å². The van der Waals surface area contributed by atoms with E-state index in [-0.39, 0.29) is 17.1 Å². The number of furan rings is 1. The third-order valence-electron chi connectivity index (χ3n) is 4.14. The number of rotatable bonds is 3. The van der Waals surface area contributed by atoms with Gasteiger partial charge in [0.15, 0.2) is 11.2 Å². The van der Waals surface area contributed by atoms with Crippen LogP contribution in [0.4, 0.5) is 5.69 Å². The predicted molar refractivity (Wildman–Crippen MR) is 99.3 cm³/mol. The SMILES string of the molecule is Cc1ccccc1-c1cc(=O)c2cc(NC(=O)c3ccco3)ccc2o1. The van der Waals surface area contributed by atoms with E-state index in [1.165, 1.54) is 12.3 Å². The van der Waals surface area contributed by atoms with Crippen LogP contribution in [0.15, 0.2) is 80.6 Å². The topological polar surface area (TPSA) is 72.5 Å². The van der Waals surface area contributed by atoms with Crippen LogP contribution >= 0.6 is 0 Å². The number of carbonyl (C=O) groups is 1. The number of aryl methyl sites for hydroxylation is 1. The summed E-state index contributed by atoms with van der Waals surface area (Å²) in [6, 6.07) is 17.4. The summed E-state index contributed by atoms with van der Waals surface area (Å²) < 4.78 is 11.0. The second-order valence-electron chi connectivity index (χ2n) is 5.93. The molecule has 2 aromatic heterocycles. The van der Waals surface area contributed by atoms with Gasteiger partial charge >= 0.3 is 0 Å². The van der Waals surface area contributed by atoms with Gasteiger partial charge in [-0.15, -0.1) is 0 Å². The molecule has 0 aliphatic heterocycles. The van der Waals surface area contributed by atoms with E-state index in [4.69, 9.17) is 8.83 Å². The molecule has 0 aliphatic carbocycles. The van der Waals surface area contributed by atoms with Crippen LogP contribution in [0, 0.1) is 6.92 Å². The number of benzene rings is 2. The van der Waals surface area contributed by atoms with Crippen LogP contribution in [0.2, 0.25) is 0 Å². The molecular formula is C21H15NO4. The Morgan fingerprint density at radius 2 is 1.85 bits per heavy atom. The molecule has 5 nitrogen and oxygen atoms in total. The van der Waals surface area contributed by atoms with Gasteiger partial charge in [0.05, 0.1) is 11.6 Å². The molecule has 5 heteroatoms. The second kappa shape index (κ2) is 6.37. The van der Waals surface area contributed by atoms with E-state index in [0.717, 1.165) is 11.1 Å². The number of hydrogen-bond acceptors (Lipinski definition) is 4. The lowest BCUT2D eigenvalue weighted by Crippen LogP contribution is -2.11. The molecule has 0 spiro atoms. The Balaban J connectivity index is 1.73. The van der Waals surface area contributed by atoms with Crippen LogP contribution in [-0.2, 0) is 0 Å². The maximum atomic E-state index is 12.6. The lowest BCUT2D eigenvalue weighted by molar-refractivity contribution is 0.0996. The second-order valence-corrected chi connectivity index (χ2v) is 5.93. The molecule has 0 aliphatic rings. The molecule has 4 rings (SSSR count). The summed E-state index contributed by atoms with van der Waals surface area (Å²) in [6.45, 7) is 1.97. The highest BCUT2D eigenvalue weighted by atomic mass is 16.3. The lowest BCUT2D eigenvalue weighted by Gasteiger charge is -2.08. The molecule has 0 fully saturated rings. The first kappa shape index (κ1) is 15.9. The molecule has 1 amide bonds. The minimum absolute atomic E-state index is 0.168. The fourth-order valence-electron chi connectivity index (χ4n) is 2.82. The molecule has 0 saturated heterocycles. The smallest absolute Gasteiger partial charge is 0.291 e. The van der Waals surface area contributed by atoms with Crippen molar-refractivity contribution in [3.05, 3.63) is 88.5 Å². The van der Waals surface area contributed by atoms with Crippen molar-refractivity contribution in [3.63, 3.8) is 0 Å². The molecule has 0 atom stereocenters. The van der Waals surface area contributed by atoms with Gasteiger partial charge in [-0.05, 0) is 42.8 Å². The molecule has 128 valence electrons. The van der Waals surface area contributed by atoms with Crippen LogP contribution in [0.5, 0.6) is 0 Å². The van der Waals surface area contributed by atoms with E-state index in [1.54, 1.807) is 30.3 Å². The predicted octanol–water partition coefficient (Wildman–Crippen LogP) is 4.61. The minimum Gasteiger partial charge on any atom is -0.459 e. The largest absolute Gasteiger partial charge is 0.459 e. The number of fused-ring (bicyclic) bond motifs is 1. The Bertz CT molecular complexity index is 1160. The summed E-state index contributed by atoms with van der Waals surface area (Å²) in [7, 11) is 0. The summed E-state index contributed by atoms with van der Waals surface area (Å²) in [5.41, 5.74) is 2.69. The molecule has 26 heavy (non-hydrogen) atoms. The molecule has 1 N–H and O–H groups in total. The van der Waals surface area contributed by atoms with Gasteiger partial charge in [0.25, 0.3) is 5.91 Å². The van der Waals surface area contributed by atoms with Crippen molar-refractivity contribution < 1.29 is 13.6 Å². The highest BCUT2D eigenvalue weighted by molar-refractivity contribution is 6.03. The maximum absolute atomic E-state index is 12.6. The molecule has 2 heterocycles. The summed E-state index contributed by atoms with van der Waals surface area (Å²) in [5.74, 6) is 0.343. The number of hydrogen-bond donors (Lipinski definition) is 1. The number of anilines is 1. The average Bonchev–Trinajstić information content (AvgIpc) is 3.17. The number of amides is 1. The lowest BCUT2D eigenvalue weighted by atomic mass is 10.1. The van der Waals surface area contributed by atoms with E-state index in [2.05, 4.69) is 5.32 Å². The van der Waals surface area contributed by atoms with Crippen LogP contribution in [-0.4, -0.2) is 5.91 Å². The average molecular weight is 345 g/mol. The third-order valence-corrected chi connectivity index (χ3v) is 4.14. The van der Waals surface area contributed by atoms with Gasteiger partial charge in [0.1, 0.15) is 11.3 Å². The van der Waals surface area contributed by atoms with Gasteiger partial charge in [-0.1, -0.05) is 24.3 Å². The highest BCUT2D eigenvalue weighted by Crippen LogP contribution is 2.26. The van der Waals surface area contributed by atoms with Gasteiger partial charge in [0.2, 0.25) is 0 Å². The monoisotopic (exact) mass is 345 g/mol. The molecule has 2 aromatic carbocycles. The normalized spacial score (nSPS) is 10.8. The maximum Gasteiger partial charge on any atom is 0.291 e. The van der Waals surface area contributed by atoms with Crippen molar-refractivity contribution in [3.8, 4) is 11.3 Å². The Morgan fingerprint density at radius 3 is 2.62 bits per heavy atom. The van der Waals surface area contributed by atoms with E-state index in [1.807, 2.05) is 31.2 Å². The Hall–Kier alpha value is -3.60. The van der Waals surface area contributed by atoms with Crippen molar-refractivity contribution >= 4 is 22.6 Å². The van der Waals surface area contributed by atoms with E-state index in [0.29, 0.717) is 22.4 Å². The molecule has 0 unspecified atom stereocenters. The van der Waals surface area contributed by atoms with Crippen LogP contribution in [0.1, 0.15) is 16.1 Å². The Labute approximate surface area is 148 Å². The fourth-order valence-corrected chi connectivity index (χ4v) is 2.82. The highest BCUT2D eigenvalue weighted by Gasteiger charge is 2.12. The Morgan fingerprint density at radius 1 is 1.00 bits per heavy atom. The van der Waals surface area contributed by atoms with E-state index < -0.39 is 0 Å². The van der Waals surface area contributed by atoms with Gasteiger partial charge in [-0.2, -0.15) is 0 Å². The first-order valence-corrected chi connectivity index (χ1v) is 8.10. The summed E-state index contributed by atoms with van der Waals surface area (Å²) in [6.07, 6.45) is 1.43. The van der Waals surface area contributed by atoms with Crippen molar-refractivity contribution in [2.24, 2.45) is 0 Å². The summed E-state index contributed by atoms with van der Waals surface area (Å²) >= 11 is 0. The quantitative estimate of drug-likeness (QED) is 0.588. The zero-order chi connectivity index (χ0) is 18.1. The van der Waals surface area contributed by atoms with E-state index in [9.17, 15) is 9.59 Å². The van der Waals surface area contributed by atoms with Gasteiger partial charge < -0.3 is 14.2 Å².